The van der Waals surface area contributed by atoms with Crippen molar-refractivity contribution in [3.8, 4) is 0 Å². The van der Waals surface area contributed by atoms with Gasteiger partial charge in [-0.15, -0.1) is 0 Å². The van der Waals surface area contributed by atoms with Crippen molar-refractivity contribution in [3.63, 3.8) is 0 Å². The van der Waals surface area contributed by atoms with Gasteiger partial charge in [0.25, 0.3) is 0 Å². The van der Waals surface area contributed by atoms with E-state index >= 15 is 0 Å². The minimum atomic E-state index is 0. The van der Waals surface area contributed by atoms with Crippen molar-refractivity contribution in [2.24, 2.45) is 0 Å². The summed E-state index contributed by atoms with van der Waals surface area (Å²) >= 11 is 0. The third-order valence-corrected chi connectivity index (χ3v) is 0. The van der Waals surface area contributed by atoms with Crippen LogP contribution in [-0.4, -0.2) is 48.7 Å². The zero-order valence-corrected chi connectivity index (χ0v) is 8.52. The van der Waals surface area contributed by atoms with Gasteiger partial charge in [0.05, 0.1) is 0 Å². The second-order valence-corrected chi connectivity index (χ2v) is 0. The van der Waals surface area contributed by atoms with Crippen molar-refractivity contribution >= 4 is 48.7 Å². The van der Waals surface area contributed by atoms with Crippen LogP contribution >= 0.6 is 0 Å². The van der Waals surface area contributed by atoms with Crippen molar-refractivity contribution in [2.45, 2.75) is 0 Å². The summed E-state index contributed by atoms with van der Waals surface area (Å²) < 4.78 is 0. The Morgan fingerprint density at radius 2 is 0.500 bits per heavy atom. The van der Waals surface area contributed by atoms with E-state index in [9.17, 15) is 0 Å². The van der Waals surface area contributed by atoms with Gasteiger partial charge in [0.1, 0.15) is 0 Å². The predicted molar refractivity (Wildman–Crippen MR) is 14.9 cm³/mol. The molecule has 0 aliphatic rings. The van der Waals surface area contributed by atoms with Crippen molar-refractivity contribution in [2.75, 3.05) is 0 Å². The molecule has 0 saturated heterocycles. The molecule has 0 rings (SSSR count). The van der Waals surface area contributed by atoms with E-state index in [4.69, 9.17) is 0 Å². The van der Waals surface area contributed by atoms with E-state index < -0.39 is 0 Å². The van der Waals surface area contributed by atoms with E-state index in [1.807, 2.05) is 0 Å². The molecule has 0 fully saturated rings. The molecule has 0 atom stereocenters. The molecule has 0 heterocycles. The first-order chi connectivity index (χ1) is 0. The van der Waals surface area contributed by atoms with E-state index in [-0.39, 0.29) is 97.8 Å². The smallest absolute Gasteiger partial charge is 2.00 e. The molecule has 8 heteroatoms. The van der Waals surface area contributed by atoms with Crippen LogP contribution in [-0.2, 0) is 49.1 Å². The van der Waals surface area contributed by atoms with Gasteiger partial charge in [0.2, 0.25) is 0 Å². The fourth-order valence-electron chi connectivity index (χ4n) is 0. The van der Waals surface area contributed by atoms with Gasteiger partial charge in [-0.1, -0.05) is 0 Å². The van der Waals surface area contributed by atoms with E-state index in [1.54, 1.807) is 0 Å². The Morgan fingerprint density at radius 3 is 0.500 bits per heavy atom. The number of hydrogen-bond donors (Lipinski definition) is 0. The quantitative estimate of drug-likeness (QED) is 0.421. The van der Waals surface area contributed by atoms with Crippen LogP contribution in [0.25, 0.3) is 0 Å². The monoisotopic (exact) mass is 196 g/mol. The second kappa shape index (κ2) is 145. The van der Waals surface area contributed by atoms with Gasteiger partial charge in [-0.3, -0.25) is 0 Å². The molecular formula is CaO5SiTi. The summed E-state index contributed by atoms with van der Waals surface area (Å²) in [5.41, 5.74) is 0. The normalized spacial score (nSPS) is 0. The summed E-state index contributed by atoms with van der Waals surface area (Å²) in [6.07, 6.45) is 0. The van der Waals surface area contributed by atoms with Crippen molar-refractivity contribution in [1.82, 2.24) is 0 Å². The first-order valence-electron chi connectivity index (χ1n) is 0. The fourth-order valence-corrected chi connectivity index (χ4v) is 0. The summed E-state index contributed by atoms with van der Waals surface area (Å²) in [7, 11) is 0. The van der Waals surface area contributed by atoms with Crippen LogP contribution < -0.4 is 0 Å². The third kappa shape index (κ3) is 98.5. The second-order valence-electron chi connectivity index (χ2n) is 0. The molecule has 0 unspecified atom stereocenters. The molecule has 5 nitrogen and oxygen atoms in total. The molecule has 0 aromatic heterocycles. The molecule has 0 bridgehead atoms. The molecule has 0 amide bonds. The minimum absolute atomic E-state index is 0. The number of rotatable bonds is 0. The Morgan fingerprint density at radius 1 is 0.500 bits per heavy atom. The van der Waals surface area contributed by atoms with Gasteiger partial charge in [-0.2, -0.15) is 0 Å². The van der Waals surface area contributed by atoms with E-state index in [1.165, 1.54) is 0 Å². The largest absolute Gasteiger partial charge is 4.00 e. The average Bonchev–Trinajstić information content (AvgIpc) is 0. The van der Waals surface area contributed by atoms with Gasteiger partial charge in [0, 0.05) is 0 Å². The Labute approximate surface area is 96.7 Å². The summed E-state index contributed by atoms with van der Waals surface area (Å²) in [4.78, 5) is 0. The predicted octanol–water partition coefficient (Wildman–Crippen LogP) is -1.36. The maximum absolute atomic E-state index is 0. The van der Waals surface area contributed by atoms with E-state index in [2.05, 4.69) is 0 Å². The Kier molecular flexibility index (Phi) is 3690. The number of hydrogen-bond acceptors (Lipinski definition) is 0. The van der Waals surface area contributed by atoms with Crippen molar-refractivity contribution in [3.05, 3.63) is 0 Å². The van der Waals surface area contributed by atoms with Crippen LogP contribution in [0.1, 0.15) is 0 Å². The summed E-state index contributed by atoms with van der Waals surface area (Å²) in [5.74, 6) is 0. The fraction of sp³-hybridized carbons (Fsp3) is 0. The van der Waals surface area contributed by atoms with Gasteiger partial charge in [0.15, 0.2) is 0 Å². The summed E-state index contributed by atoms with van der Waals surface area (Å²) in [6.45, 7) is 0. The average molecular weight is 196 g/mol. The van der Waals surface area contributed by atoms with Crippen LogP contribution in [0.15, 0.2) is 0 Å². The van der Waals surface area contributed by atoms with Gasteiger partial charge < -0.3 is 27.4 Å². The molecule has 0 aromatic rings. The van der Waals surface area contributed by atoms with Crippen molar-refractivity contribution < 1.29 is 49.1 Å². The maximum atomic E-state index is 0. The Bertz CT molecular complexity index is 12.4. The molecule has 0 N–H and O–H groups in total. The van der Waals surface area contributed by atoms with Crippen molar-refractivity contribution in [1.29, 1.82) is 0 Å². The topological polar surface area (TPSA) is 142 Å². The SMILES string of the molecule is [Ca+2].[O-2].[O-2].[O-2].[O-2].[O-2].[Si+4].[Ti+4]. The third-order valence-electron chi connectivity index (χ3n) is 0. The molecular weight excluding hydrogens is 196 g/mol. The van der Waals surface area contributed by atoms with Gasteiger partial charge >= 0.3 is 70.4 Å². The zero-order chi connectivity index (χ0) is 0. The Balaban J connectivity index is 0. The molecule has 0 spiro atoms. The van der Waals surface area contributed by atoms with Crippen LogP contribution in [0.3, 0.4) is 0 Å². The standard InChI is InChI=1S/Ca.5O.Si.Ti/q+2;5*-2;2*+4. The Hall–Kier alpha value is 1.99. The summed E-state index contributed by atoms with van der Waals surface area (Å²) in [5, 5.41) is 0. The molecule has 0 saturated carbocycles. The van der Waals surface area contributed by atoms with Crippen LogP contribution in [0, 0.1) is 0 Å². The first-order valence-corrected chi connectivity index (χ1v) is 0. The maximum Gasteiger partial charge on any atom is 4.00 e. The van der Waals surface area contributed by atoms with Crippen LogP contribution in [0.4, 0.5) is 0 Å². The molecule has 0 aliphatic heterocycles. The molecule has 0 radical (unpaired) electrons. The molecule has 0 aliphatic carbocycles. The summed E-state index contributed by atoms with van der Waals surface area (Å²) in [6, 6.07) is 0. The van der Waals surface area contributed by atoms with E-state index in [0.29, 0.717) is 0 Å². The van der Waals surface area contributed by atoms with Gasteiger partial charge in [-0.05, 0) is 0 Å². The zero-order valence-electron chi connectivity index (χ0n) is 3.75. The minimum Gasteiger partial charge on any atom is -2.00 e. The van der Waals surface area contributed by atoms with E-state index in [0.717, 1.165) is 0 Å². The van der Waals surface area contributed by atoms with Crippen LogP contribution in [0.2, 0.25) is 0 Å². The van der Waals surface area contributed by atoms with Gasteiger partial charge in [-0.25, -0.2) is 0 Å². The molecule has 0 aromatic carbocycles. The van der Waals surface area contributed by atoms with Crippen LogP contribution in [0.5, 0.6) is 0 Å². The first kappa shape index (κ1) is 204. The molecule has 40 valence electrons. The molecule has 8 heavy (non-hydrogen) atoms.